The van der Waals surface area contributed by atoms with Gasteiger partial charge in [0.25, 0.3) is 5.56 Å². The van der Waals surface area contributed by atoms with Crippen molar-refractivity contribution in [3.05, 3.63) is 69.8 Å². The molecule has 3 aromatic heterocycles. The van der Waals surface area contributed by atoms with E-state index in [-0.39, 0.29) is 17.5 Å². The van der Waals surface area contributed by atoms with Gasteiger partial charge in [0.15, 0.2) is 11.5 Å². The SMILES string of the molecule is C#CCn1c(=O)c2cnc(Nc3ccc4c(c3)CCNC4)nc2n1-c1cccc(C(C)(C)C)n1. The summed E-state index contributed by atoms with van der Waals surface area (Å²) in [5.74, 6) is 3.56. The molecule has 1 aromatic carbocycles. The Morgan fingerprint density at radius 2 is 2.03 bits per heavy atom. The second-order valence-electron chi connectivity index (χ2n) is 9.48. The second-order valence-corrected chi connectivity index (χ2v) is 9.48. The highest BCUT2D eigenvalue weighted by Crippen LogP contribution is 2.24. The molecule has 8 heteroatoms. The van der Waals surface area contributed by atoms with Crippen LogP contribution in [0.15, 0.2) is 47.4 Å². The first-order valence-electron chi connectivity index (χ1n) is 11.3. The normalized spacial score (nSPS) is 13.5. The van der Waals surface area contributed by atoms with Gasteiger partial charge in [0.05, 0.1) is 0 Å². The average Bonchev–Trinajstić information content (AvgIpc) is 3.10. The van der Waals surface area contributed by atoms with Crippen molar-refractivity contribution in [1.29, 1.82) is 0 Å². The Kier molecular flexibility index (Phi) is 5.42. The van der Waals surface area contributed by atoms with Crippen LogP contribution in [0.1, 0.15) is 37.6 Å². The van der Waals surface area contributed by atoms with E-state index in [1.807, 2.05) is 24.3 Å². The highest BCUT2D eigenvalue weighted by Gasteiger charge is 2.21. The van der Waals surface area contributed by atoms with Gasteiger partial charge in [0.1, 0.15) is 11.9 Å². The Balaban J connectivity index is 1.62. The molecule has 4 heterocycles. The molecule has 172 valence electrons. The fraction of sp³-hybridized carbons (Fsp3) is 0.308. The third-order valence-electron chi connectivity index (χ3n) is 5.99. The van der Waals surface area contributed by atoms with Gasteiger partial charge in [-0.3, -0.25) is 4.79 Å². The van der Waals surface area contributed by atoms with Crippen molar-refractivity contribution in [2.75, 3.05) is 11.9 Å². The van der Waals surface area contributed by atoms with Gasteiger partial charge < -0.3 is 10.6 Å². The Bertz CT molecular complexity index is 1480. The molecule has 0 saturated heterocycles. The number of anilines is 2. The lowest BCUT2D eigenvalue weighted by molar-refractivity contribution is 0.556. The van der Waals surface area contributed by atoms with Gasteiger partial charge in [-0.05, 0) is 48.4 Å². The van der Waals surface area contributed by atoms with E-state index in [2.05, 4.69) is 54.4 Å². The van der Waals surface area contributed by atoms with Gasteiger partial charge in [-0.15, -0.1) is 6.42 Å². The lowest BCUT2D eigenvalue weighted by atomic mass is 9.92. The van der Waals surface area contributed by atoms with Crippen LogP contribution in [0.4, 0.5) is 11.6 Å². The number of hydrogen-bond acceptors (Lipinski definition) is 6. The molecule has 0 radical (unpaired) electrons. The number of nitrogens with zero attached hydrogens (tertiary/aromatic N) is 5. The van der Waals surface area contributed by atoms with E-state index in [4.69, 9.17) is 16.4 Å². The minimum absolute atomic E-state index is 0.0955. The van der Waals surface area contributed by atoms with Crippen LogP contribution < -0.4 is 16.2 Å². The van der Waals surface area contributed by atoms with Crippen molar-refractivity contribution in [3.63, 3.8) is 0 Å². The standard InChI is InChI=1S/C26H27N7O/c1-5-13-32-24(34)20-16-28-25(29-19-10-9-18-15-27-12-11-17(18)14-19)31-23(20)33(32)22-8-6-7-21(30-22)26(2,3)4/h1,6-10,14,16,27H,11-13,15H2,2-4H3,(H,28,29,31). The molecule has 4 aromatic rings. The number of fused-ring (bicyclic) bond motifs is 2. The van der Waals surface area contributed by atoms with Crippen LogP contribution in [0.2, 0.25) is 0 Å². The molecule has 1 aliphatic heterocycles. The number of nitrogens with one attached hydrogen (secondary N) is 2. The van der Waals surface area contributed by atoms with Gasteiger partial charge >= 0.3 is 0 Å². The van der Waals surface area contributed by atoms with Crippen LogP contribution >= 0.6 is 0 Å². The van der Waals surface area contributed by atoms with Crippen LogP contribution in [0.5, 0.6) is 0 Å². The van der Waals surface area contributed by atoms with Crippen molar-refractivity contribution >= 4 is 22.7 Å². The summed E-state index contributed by atoms with van der Waals surface area (Å²) in [7, 11) is 0. The molecule has 5 rings (SSSR count). The summed E-state index contributed by atoms with van der Waals surface area (Å²) in [6, 6.07) is 12.0. The molecule has 2 N–H and O–H groups in total. The zero-order chi connectivity index (χ0) is 23.9. The van der Waals surface area contributed by atoms with Gasteiger partial charge in [-0.2, -0.15) is 4.98 Å². The fourth-order valence-electron chi connectivity index (χ4n) is 4.19. The fourth-order valence-corrected chi connectivity index (χ4v) is 4.19. The topological polar surface area (TPSA) is 89.7 Å². The third kappa shape index (κ3) is 3.95. The summed E-state index contributed by atoms with van der Waals surface area (Å²) < 4.78 is 3.17. The Morgan fingerprint density at radius 3 is 2.82 bits per heavy atom. The van der Waals surface area contributed by atoms with Crippen molar-refractivity contribution in [2.24, 2.45) is 0 Å². The summed E-state index contributed by atoms with van der Waals surface area (Å²) in [6.07, 6.45) is 8.12. The van der Waals surface area contributed by atoms with E-state index in [1.165, 1.54) is 15.8 Å². The zero-order valence-electron chi connectivity index (χ0n) is 19.6. The molecular weight excluding hydrogens is 426 g/mol. The minimum atomic E-state index is -0.247. The van der Waals surface area contributed by atoms with Crippen molar-refractivity contribution in [2.45, 2.75) is 45.7 Å². The Labute approximate surface area is 198 Å². The van der Waals surface area contributed by atoms with E-state index in [1.54, 1.807) is 10.9 Å². The van der Waals surface area contributed by atoms with E-state index >= 15 is 0 Å². The van der Waals surface area contributed by atoms with Gasteiger partial charge in [-0.25, -0.2) is 19.3 Å². The molecule has 0 atom stereocenters. The van der Waals surface area contributed by atoms with E-state index < -0.39 is 0 Å². The second kappa shape index (κ2) is 8.43. The number of terminal acetylenes is 1. The number of aromatic nitrogens is 5. The summed E-state index contributed by atoms with van der Waals surface area (Å²) in [5.41, 5.74) is 4.48. The largest absolute Gasteiger partial charge is 0.324 e. The quantitative estimate of drug-likeness (QED) is 0.461. The minimum Gasteiger partial charge on any atom is -0.324 e. The van der Waals surface area contributed by atoms with E-state index in [0.29, 0.717) is 22.8 Å². The first-order valence-corrected chi connectivity index (χ1v) is 11.3. The molecule has 34 heavy (non-hydrogen) atoms. The number of hydrogen-bond donors (Lipinski definition) is 2. The molecule has 0 bridgehead atoms. The molecule has 1 aliphatic rings. The predicted octanol–water partition coefficient (Wildman–Crippen LogP) is 3.30. The first kappa shape index (κ1) is 21.9. The number of benzene rings is 1. The zero-order valence-corrected chi connectivity index (χ0v) is 19.6. The summed E-state index contributed by atoms with van der Waals surface area (Å²) in [4.78, 5) is 27.1. The Morgan fingerprint density at radius 1 is 1.18 bits per heavy atom. The maximum absolute atomic E-state index is 13.1. The maximum Gasteiger partial charge on any atom is 0.279 e. The molecule has 0 aliphatic carbocycles. The Hall–Kier alpha value is -3.96. The number of pyridine rings is 1. The van der Waals surface area contributed by atoms with Crippen LogP contribution in [0.3, 0.4) is 0 Å². The summed E-state index contributed by atoms with van der Waals surface area (Å²) >= 11 is 0. The van der Waals surface area contributed by atoms with Crippen molar-refractivity contribution in [1.82, 2.24) is 29.6 Å². The van der Waals surface area contributed by atoms with Crippen LogP contribution in [0.25, 0.3) is 16.9 Å². The average molecular weight is 454 g/mol. The van der Waals surface area contributed by atoms with Crippen LogP contribution in [0, 0.1) is 12.3 Å². The van der Waals surface area contributed by atoms with Crippen molar-refractivity contribution in [3.8, 4) is 18.2 Å². The molecule has 8 nitrogen and oxygen atoms in total. The predicted molar refractivity (Wildman–Crippen MR) is 134 cm³/mol. The molecule has 0 unspecified atom stereocenters. The summed E-state index contributed by atoms with van der Waals surface area (Å²) in [5, 5.41) is 7.07. The maximum atomic E-state index is 13.1. The summed E-state index contributed by atoms with van der Waals surface area (Å²) in [6.45, 7) is 8.24. The lowest BCUT2D eigenvalue weighted by Gasteiger charge is -2.19. The molecule has 0 amide bonds. The van der Waals surface area contributed by atoms with Gasteiger partial charge in [0.2, 0.25) is 5.95 Å². The molecule has 0 spiro atoms. The first-order chi connectivity index (χ1) is 16.3. The number of rotatable bonds is 4. The highest BCUT2D eigenvalue weighted by atomic mass is 16.1. The van der Waals surface area contributed by atoms with Crippen molar-refractivity contribution < 1.29 is 0 Å². The smallest absolute Gasteiger partial charge is 0.279 e. The van der Waals surface area contributed by atoms with E-state index in [9.17, 15) is 4.79 Å². The van der Waals surface area contributed by atoms with E-state index in [0.717, 1.165) is 30.9 Å². The lowest BCUT2D eigenvalue weighted by Crippen LogP contribution is -2.23. The molecule has 0 fully saturated rings. The van der Waals surface area contributed by atoms with Crippen LogP contribution in [-0.2, 0) is 24.9 Å². The van der Waals surface area contributed by atoms with Gasteiger partial charge in [-0.1, -0.05) is 38.8 Å². The van der Waals surface area contributed by atoms with Gasteiger partial charge in [0, 0.05) is 29.5 Å². The third-order valence-corrected chi connectivity index (χ3v) is 5.99. The monoisotopic (exact) mass is 453 g/mol. The molecule has 0 saturated carbocycles. The molecular formula is C26H27N7O. The van der Waals surface area contributed by atoms with Crippen LogP contribution in [-0.4, -0.2) is 30.9 Å². The highest BCUT2D eigenvalue weighted by molar-refractivity contribution is 5.77.